The monoisotopic (exact) mass is 242 g/mol. The topological polar surface area (TPSA) is 48.1 Å². The third kappa shape index (κ3) is 2.37. The van der Waals surface area contributed by atoms with Gasteiger partial charge >= 0.3 is 0 Å². The number of rotatable bonds is 3. The Morgan fingerprint density at radius 3 is 3.17 bits per heavy atom. The lowest BCUT2D eigenvalue weighted by Gasteiger charge is -2.16. The van der Waals surface area contributed by atoms with Gasteiger partial charge < -0.3 is 10.5 Å². The van der Waals surface area contributed by atoms with E-state index in [0.717, 1.165) is 37.0 Å². The number of ether oxygens (including phenoxy) is 1. The molecule has 1 aliphatic heterocycles. The van der Waals surface area contributed by atoms with Crippen molar-refractivity contribution in [1.29, 1.82) is 0 Å². The lowest BCUT2D eigenvalue weighted by Crippen LogP contribution is -2.15. The van der Waals surface area contributed by atoms with E-state index < -0.39 is 0 Å². The fourth-order valence-electron chi connectivity index (χ4n) is 2.58. The van der Waals surface area contributed by atoms with Crippen molar-refractivity contribution in [3.63, 3.8) is 0 Å². The number of pyridine rings is 1. The first-order chi connectivity index (χ1) is 8.83. The Hall–Kier alpha value is -1.45. The summed E-state index contributed by atoms with van der Waals surface area (Å²) in [4.78, 5) is 4.38. The van der Waals surface area contributed by atoms with E-state index >= 15 is 0 Å². The van der Waals surface area contributed by atoms with Crippen LogP contribution in [0.5, 0.6) is 0 Å². The predicted octanol–water partition coefficient (Wildman–Crippen LogP) is 2.66. The molecule has 0 bridgehead atoms. The molecule has 1 fully saturated rings. The first-order valence-corrected chi connectivity index (χ1v) is 6.51. The lowest BCUT2D eigenvalue weighted by molar-refractivity contribution is 0.182. The van der Waals surface area contributed by atoms with Crippen molar-refractivity contribution in [2.45, 2.75) is 18.9 Å². The van der Waals surface area contributed by atoms with E-state index in [4.69, 9.17) is 10.5 Å². The van der Waals surface area contributed by atoms with Crippen LogP contribution in [0.25, 0.3) is 10.9 Å². The average molecular weight is 242 g/mol. The van der Waals surface area contributed by atoms with Crippen LogP contribution in [0.2, 0.25) is 0 Å². The van der Waals surface area contributed by atoms with Crippen LogP contribution in [0.4, 0.5) is 0 Å². The van der Waals surface area contributed by atoms with Gasteiger partial charge in [0.25, 0.3) is 0 Å². The molecule has 18 heavy (non-hydrogen) atoms. The third-order valence-corrected chi connectivity index (χ3v) is 3.67. The van der Waals surface area contributed by atoms with Crippen molar-refractivity contribution in [3.8, 4) is 0 Å². The molecule has 0 spiro atoms. The number of fused-ring (bicyclic) bond motifs is 1. The Morgan fingerprint density at radius 1 is 1.39 bits per heavy atom. The van der Waals surface area contributed by atoms with Crippen molar-refractivity contribution in [2.24, 2.45) is 11.7 Å². The van der Waals surface area contributed by atoms with E-state index in [9.17, 15) is 0 Å². The number of aromatic nitrogens is 1. The molecule has 1 aromatic carbocycles. The number of hydrogen-bond donors (Lipinski definition) is 1. The highest BCUT2D eigenvalue weighted by molar-refractivity contribution is 5.78. The molecule has 0 aliphatic carbocycles. The van der Waals surface area contributed by atoms with E-state index in [1.165, 1.54) is 5.56 Å². The molecule has 3 heteroatoms. The van der Waals surface area contributed by atoms with E-state index in [0.29, 0.717) is 5.92 Å². The van der Waals surface area contributed by atoms with E-state index in [1.54, 1.807) is 0 Å². The number of nitrogens with two attached hydrogens (primary N) is 1. The van der Waals surface area contributed by atoms with Gasteiger partial charge in [0.15, 0.2) is 0 Å². The SMILES string of the molecule is NC(CC1CCOC1)c1ccc2cccnc2c1. The van der Waals surface area contributed by atoms with Crippen molar-refractivity contribution < 1.29 is 4.74 Å². The van der Waals surface area contributed by atoms with Crippen molar-refractivity contribution in [2.75, 3.05) is 13.2 Å². The van der Waals surface area contributed by atoms with E-state index in [-0.39, 0.29) is 6.04 Å². The first-order valence-electron chi connectivity index (χ1n) is 6.51. The predicted molar refractivity (Wildman–Crippen MR) is 72.2 cm³/mol. The van der Waals surface area contributed by atoms with Crippen LogP contribution in [0.3, 0.4) is 0 Å². The first kappa shape index (κ1) is 11.6. The molecule has 2 aromatic rings. The maximum Gasteiger partial charge on any atom is 0.0705 e. The summed E-state index contributed by atoms with van der Waals surface area (Å²) in [6, 6.07) is 10.4. The van der Waals surface area contributed by atoms with Gasteiger partial charge in [-0.25, -0.2) is 0 Å². The molecule has 2 atom stereocenters. The zero-order valence-electron chi connectivity index (χ0n) is 10.4. The normalized spacial score (nSPS) is 21.3. The molecule has 1 saturated heterocycles. The maximum atomic E-state index is 6.28. The minimum atomic E-state index is 0.0862. The van der Waals surface area contributed by atoms with Crippen molar-refractivity contribution in [1.82, 2.24) is 4.98 Å². The minimum Gasteiger partial charge on any atom is -0.381 e. The van der Waals surface area contributed by atoms with Gasteiger partial charge in [0.1, 0.15) is 0 Å². The number of nitrogens with zero attached hydrogens (tertiary/aromatic N) is 1. The van der Waals surface area contributed by atoms with Crippen LogP contribution >= 0.6 is 0 Å². The summed E-state index contributed by atoms with van der Waals surface area (Å²) >= 11 is 0. The van der Waals surface area contributed by atoms with Gasteiger partial charge in [0.2, 0.25) is 0 Å². The zero-order valence-corrected chi connectivity index (χ0v) is 10.4. The maximum absolute atomic E-state index is 6.28. The highest BCUT2D eigenvalue weighted by Gasteiger charge is 2.19. The second-order valence-corrected chi connectivity index (χ2v) is 5.03. The molecule has 2 heterocycles. The Kier molecular flexibility index (Phi) is 3.26. The molecular weight excluding hydrogens is 224 g/mol. The minimum absolute atomic E-state index is 0.0862. The van der Waals surface area contributed by atoms with Gasteiger partial charge in [-0.1, -0.05) is 18.2 Å². The summed E-state index contributed by atoms with van der Waals surface area (Å²) in [7, 11) is 0. The van der Waals surface area contributed by atoms with Crippen molar-refractivity contribution in [3.05, 3.63) is 42.1 Å². The van der Waals surface area contributed by atoms with Crippen LogP contribution in [0.1, 0.15) is 24.4 Å². The van der Waals surface area contributed by atoms with E-state index in [1.807, 2.05) is 12.3 Å². The molecule has 3 rings (SSSR count). The van der Waals surface area contributed by atoms with E-state index in [2.05, 4.69) is 29.2 Å². The summed E-state index contributed by atoms with van der Waals surface area (Å²) in [6.45, 7) is 1.75. The highest BCUT2D eigenvalue weighted by Crippen LogP contribution is 2.26. The number of benzene rings is 1. The number of hydrogen-bond acceptors (Lipinski definition) is 3. The summed E-state index contributed by atoms with van der Waals surface area (Å²) in [6.07, 6.45) is 3.96. The molecule has 94 valence electrons. The van der Waals surface area contributed by atoms with Gasteiger partial charge in [0, 0.05) is 30.8 Å². The Morgan fingerprint density at radius 2 is 2.33 bits per heavy atom. The standard InChI is InChI=1S/C15H18N2O/c16-14(8-11-5-7-18-10-11)13-4-3-12-2-1-6-17-15(12)9-13/h1-4,6,9,11,14H,5,7-8,10,16H2. The van der Waals surface area contributed by atoms with Gasteiger partial charge in [0.05, 0.1) is 5.52 Å². The van der Waals surface area contributed by atoms with Crippen LogP contribution in [0, 0.1) is 5.92 Å². The molecule has 3 nitrogen and oxygen atoms in total. The fourth-order valence-corrected chi connectivity index (χ4v) is 2.58. The Bertz CT molecular complexity index is 535. The second kappa shape index (κ2) is 5.04. The molecule has 1 aromatic heterocycles. The Labute approximate surface area is 107 Å². The molecular formula is C15H18N2O. The van der Waals surface area contributed by atoms with Crippen LogP contribution in [-0.4, -0.2) is 18.2 Å². The quantitative estimate of drug-likeness (QED) is 0.900. The zero-order chi connectivity index (χ0) is 12.4. The summed E-state index contributed by atoms with van der Waals surface area (Å²) in [5, 5.41) is 1.16. The molecule has 0 radical (unpaired) electrons. The molecule has 1 aliphatic rings. The summed E-state index contributed by atoms with van der Waals surface area (Å²) in [5.74, 6) is 0.611. The molecule has 2 N–H and O–H groups in total. The molecule has 0 amide bonds. The average Bonchev–Trinajstić information content (AvgIpc) is 2.91. The molecule has 0 saturated carbocycles. The largest absolute Gasteiger partial charge is 0.381 e. The van der Waals surface area contributed by atoms with Gasteiger partial charge in [-0.3, -0.25) is 4.98 Å². The molecule has 2 unspecified atom stereocenters. The van der Waals surface area contributed by atoms with Crippen LogP contribution in [0.15, 0.2) is 36.5 Å². The van der Waals surface area contributed by atoms with Crippen LogP contribution < -0.4 is 5.73 Å². The second-order valence-electron chi connectivity index (χ2n) is 5.03. The fraction of sp³-hybridized carbons (Fsp3) is 0.400. The van der Waals surface area contributed by atoms with Crippen molar-refractivity contribution >= 4 is 10.9 Å². The summed E-state index contributed by atoms with van der Waals surface area (Å²) in [5.41, 5.74) is 8.48. The lowest BCUT2D eigenvalue weighted by atomic mass is 9.94. The van der Waals surface area contributed by atoms with Crippen LogP contribution in [-0.2, 0) is 4.74 Å². The summed E-state index contributed by atoms with van der Waals surface area (Å²) < 4.78 is 5.40. The highest BCUT2D eigenvalue weighted by atomic mass is 16.5. The Balaban J connectivity index is 1.80. The third-order valence-electron chi connectivity index (χ3n) is 3.67. The van der Waals surface area contributed by atoms with Gasteiger partial charge in [-0.2, -0.15) is 0 Å². The van der Waals surface area contributed by atoms with Gasteiger partial charge in [-0.05, 0) is 36.5 Å². The smallest absolute Gasteiger partial charge is 0.0705 e. The van der Waals surface area contributed by atoms with Gasteiger partial charge in [-0.15, -0.1) is 0 Å².